The topological polar surface area (TPSA) is 89.0 Å². The summed E-state index contributed by atoms with van der Waals surface area (Å²) >= 11 is 0. The first-order chi connectivity index (χ1) is 7.10. The van der Waals surface area contributed by atoms with Crippen LogP contribution >= 0.6 is 0 Å². The predicted octanol–water partition coefficient (Wildman–Crippen LogP) is 1.37. The normalized spacial score (nSPS) is 10.8. The Kier molecular flexibility index (Phi) is 10.9. The Morgan fingerprint density at radius 2 is 1.56 bits per heavy atom. The molecular formula is C9H23NO5Si. The van der Waals surface area contributed by atoms with E-state index < -0.39 is 8.80 Å². The van der Waals surface area contributed by atoms with Gasteiger partial charge < -0.3 is 24.2 Å². The van der Waals surface area contributed by atoms with Gasteiger partial charge in [0.2, 0.25) is 0 Å². The van der Waals surface area contributed by atoms with E-state index in [9.17, 15) is 4.79 Å². The summed E-state index contributed by atoms with van der Waals surface area (Å²) in [6, 6.07) is 0.734. The van der Waals surface area contributed by atoms with Crippen LogP contribution in [-0.2, 0) is 22.8 Å². The molecule has 0 aromatic rings. The molecule has 0 aliphatic rings. The van der Waals surface area contributed by atoms with Gasteiger partial charge in [0.15, 0.2) is 0 Å². The van der Waals surface area contributed by atoms with Crippen LogP contribution in [0, 0.1) is 0 Å². The van der Waals surface area contributed by atoms with Crippen molar-refractivity contribution < 1.29 is 22.8 Å². The van der Waals surface area contributed by atoms with Crippen molar-refractivity contribution in [1.29, 1.82) is 0 Å². The Labute approximate surface area is 98.2 Å². The first-order valence-corrected chi connectivity index (χ1v) is 6.82. The number of ether oxygens (including phenoxy) is 1. The van der Waals surface area contributed by atoms with E-state index in [0.29, 0.717) is 6.61 Å². The molecule has 0 atom stereocenters. The van der Waals surface area contributed by atoms with Crippen LogP contribution in [-0.4, -0.2) is 42.7 Å². The standard InChI is InChI=1S/C9H20O5Si.H3N/c1-9(10)14-7-5-6-8-15(11-2,12-3)13-4;/h5-8H2,1-4H3;1H3. The van der Waals surface area contributed by atoms with E-state index in [2.05, 4.69) is 0 Å². The molecule has 3 N–H and O–H groups in total. The molecule has 0 aromatic heterocycles. The quantitative estimate of drug-likeness (QED) is 0.399. The number of carbonyl (C=O) groups excluding carboxylic acids is 1. The van der Waals surface area contributed by atoms with Gasteiger partial charge >= 0.3 is 14.8 Å². The Morgan fingerprint density at radius 3 is 1.94 bits per heavy atom. The van der Waals surface area contributed by atoms with Crippen LogP contribution in [0.25, 0.3) is 0 Å². The molecule has 0 unspecified atom stereocenters. The first-order valence-electron chi connectivity index (χ1n) is 4.89. The van der Waals surface area contributed by atoms with Crippen LogP contribution in [0.5, 0.6) is 0 Å². The van der Waals surface area contributed by atoms with Gasteiger partial charge in [0, 0.05) is 34.3 Å². The van der Waals surface area contributed by atoms with Gasteiger partial charge in [-0.15, -0.1) is 0 Å². The highest BCUT2D eigenvalue weighted by Crippen LogP contribution is 2.16. The fourth-order valence-electron chi connectivity index (χ4n) is 1.22. The minimum atomic E-state index is -2.44. The van der Waals surface area contributed by atoms with Gasteiger partial charge in [0.25, 0.3) is 0 Å². The average Bonchev–Trinajstić information content (AvgIpc) is 2.24. The van der Waals surface area contributed by atoms with Crippen molar-refractivity contribution in [2.45, 2.75) is 25.8 Å². The molecular weight excluding hydrogens is 230 g/mol. The molecule has 0 saturated carbocycles. The number of esters is 1. The van der Waals surface area contributed by atoms with Gasteiger partial charge in [-0.1, -0.05) is 0 Å². The zero-order chi connectivity index (χ0) is 11.7. The maximum Gasteiger partial charge on any atom is 0.500 e. The van der Waals surface area contributed by atoms with E-state index in [0.717, 1.165) is 18.9 Å². The van der Waals surface area contributed by atoms with Crippen LogP contribution < -0.4 is 6.15 Å². The lowest BCUT2D eigenvalue weighted by Gasteiger charge is -2.24. The van der Waals surface area contributed by atoms with Gasteiger partial charge in [-0.05, 0) is 12.8 Å². The highest BCUT2D eigenvalue weighted by atomic mass is 28.4. The second-order valence-corrected chi connectivity index (χ2v) is 6.18. The highest BCUT2D eigenvalue weighted by molar-refractivity contribution is 6.60. The largest absolute Gasteiger partial charge is 0.500 e. The van der Waals surface area contributed by atoms with Crippen molar-refractivity contribution in [3.63, 3.8) is 0 Å². The third-order valence-corrected chi connectivity index (χ3v) is 4.95. The lowest BCUT2D eigenvalue weighted by Crippen LogP contribution is -2.42. The molecule has 0 saturated heterocycles. The van der Waals surface area contributed by atoms with Gasteiger partial charge in [-0.3, -0.25) is 4.79 Å². The van der Waals surface area contributed by atoms with Gasteiger partial charge in [-0.2, -0.15) is 0 Å². The SMILES string of the molecule is CO[Si](CCCCOC(C)=O)(OC)OC.N. The molecule has 6 nitrogen and oxygen atoms in total. The lowest BCUT2D eigenvalue weighted by molar-refractivity contribution is -0.141. The van der Waals surface area contributed by atoms with E-state index >= 15 is 0 Å². The minimum absolute atomic E-state index is 0. The molecule has 0 heterocycles. The molecule has 0 fully saturated rings. The summed E-state index contributed by atoms with van der Waals surface area (Å²) < 4.78 is 20.6. The van der Waals surface area contributed by atoms with Crippen LogP contribution in [0.1, 0.15) is 19.8 Å². The fraction of sp³-hybridized carbons (Fsp3) is 0.889. The second kappa shape index (κ2) is 9.73. The van der Waals surface area contributed by atoms with E-state index in [4.69, 9.17) is 18.0 Å². The van der Waals surface area contributed by atoms with Crippen LogP contribution in [0.2, 0.25) is 6.04 Å². The van der Waals surface area contributed by atoms with Crippen molar-refractivity contribution >= 4 is 14.8 Å². The zero-order valence-electron chi connectivity index (χ0n) is 10.6. The van der Waals surface area contributed by atoms with E-state index in [1.165, 1.54) is 6.92 Å². The summed E-state index contributed by atoms with van der Waals surface area (Å²) in [5.74, 6) is -0.247. The summed E-state index contributed by atoms with van der Waals surface area (Å²) in [6.45, 7) is 1.84. The number of rotatable bonds is 8. The van der Waals surface area contributed by atoms with E-state index in [-0.39, 0.29) is 12.1 Å². The number of hydrogen-bond acceptors (Lipinski definition) is 6. The number of carbonyl (C=O) groups is 1. The molecule has 0 aliphatic carbocycles. The second-order valence-electron chi connectivity index (χ2n) is 3.09. The predicted molar refractivity (Wildman–Crippen MR) is 62.5 cm³/mol. The van der Waals surface area contributed by atoms with Crippen molar-refractivity contribution in [2.24, 2.45) is 0 Å². The van der Waals surface area contributed by atoms with E-state index in [1.807, 2.05) is 0 Å². The minimum Gasteiger partial charge on any atom is -0.466 e. The smallest absolute Gasteiger partial charge is 0.466 e. The Morgan fingerprint density at radius 1 is 1.06 bits per heavy atom. The van der Waals surface area contributed by atoms with Crippen LogP contribution in [0.3, 0.4) is 0 Å². The van der Waals surface area contributed by atoms with Crippen molar-refractivity contribution in [3.8, 4) is 0 Å². The number of hydrogen-bond donors (Lipinski definition) is 1. The summed E-state index contributed by atoms with van der Waals surface area (Å²) in [5, 5.41) is 0. The molecule has 7 heteroatoms. The average molecular weight is 253 g/mol. The molecule has 16 heavy (non-hydrogen) atoms. The summed E-state index contributed by atoms with van der Waals surface area (Å²) in [4.78, 5) is 10.5. The summed E-state index contributed by atoms with van der Waals surface area (Å²) in [7, 11) is 2.33. The zero-order valence-corrected chi connectivity index (χ0v) is 11.6. The maximum absolute atomic E-state index is 10.5. The van der Waals surface area contributed by atoms with Crippen molar-refractivity contribution in [2.75, 3.05) is 27.9 Å². The molecule has 0 bridgehead atoms. The molecule has 98 valence electrons. The molecule has 0 amide bonds. The van der Waals surface area contributed by atoms with Gasteiger partial charge in [0.05, 0.1) is 6.61 Å². The Hall–Kier alpha value is -0.473. The molecule has 0 aromatic carbocycles. The maximum atomic E-state index is 10.5. The summed E-state index contributed by atoms with van der Waals surface area (Å²) in [5.41, 5.74) is 0. The molecule has 0 rings (SSSR count). The fourth-order valence-corrected chi connectivity index (χ4v) is 3.01. The lowest BCUT2D eigenvalue weighted by atomic mass is 10.4. The molecule has 0 radical (unpaired) electrons. The summed E-state index contributed by atoms with van der Waals surface area (Å²) in [6.07, 6.45) is 1.65. The third kappa shape index (κ3) is 6.91. The van der Waals surface area contributed by atoms with Crippen LogP contribution in [0.4, 0.5) is 0 Å². The van der Waals surface area contributed by atoms with Gasteiger partial charge in [0.1, 0.15) is 0 Å². The van der Waals surface area contributed by atoms with E-state index in [1.54, 1.807) is 21.3 Å². The molecule has 0 aliphatic heterocycles. The number of unbranched alkanes of at least 4 members (excludes halogenated alkanes) is 1. The Balaban J connectivity index is 0. The highest BCUT2D eigenvalue weighted by Gasteiger charge is 2.36. The first kappa shape index (κ1) is 17.9. The third-order valence-electron chi connectivity index (χ3n) is 2.12. The van der Waals surface area contributed by atoms with Crippen molar-refractivity contribution in [1.82, 2.24) is 6.15 Å². The monoisotopic (exact) mass is 253 g/mol. The van der Waals surface area contributed by atoms with Gasteiger partial charge in [-0.25, -0.2) is 0 Å². The van der Waals surface area contributed by atoms with Crippen LogP contribution in [0.15, 0.2) is 0 Å². The molecule has 0 spiro atoms. The Bertz CT molecular complexity index is 178. The van der Waals surface area contributed by atoms with Crippen molar-refractivity contribution in [3.05, 3.63) is 0 Å².